The van der Waals surface area contributed by atoms with Crippen molar-refractivity contribution < 1.29 is 13.2 Å². The average molecular weight is 428 g/mol. The molecular formula is C21H21N3O3S2. The van der Waals surface area contributed by atoms with Gasteiger partial charge in [0, 0.05) is 37.6 Å². The molecule has 1 aliphatic heterocycles. The summed E-state index contributed by atoms with van der Waals surface area (Å²) < 4.78 is 27.5. The van der Waals surface area contributed by atoms with Gasteiger partial charge in [-0.15, -0.1) is 11.3 Å². The molecule has 0 unspecified atom stereocenters. The standard InChI is InChI=1S/C21H21N3O3S2/c1-16-22-19(15-28-16)7-9-21(25)23-10-12-24(13-11-23)29(26,27)20-8-6-17-4-2-3-5-18(17)14-20/h2-9,14-15H,10-13H2,1H3/b9-7+. The summed E-state index contributed by atoms with van der Waals surface area (Å²) in [4.78, 5) is 18.7. The summed E-state index contributed by atoms with van der Waals surface area (Å²) in [6.45, 7) is 3.21. The normalized spacial score (nSPS) is 16.0. The van der Waals surface area contributed by atoms with E-state index in [1.165, 1.54) is 21.7 Å². The zero-order valence-electron chi connectivity index (χ0n) is 16.0. The van der Waals surface area contributed by atoms with Crippen molar-refractivity contribution >= 4 is 44.1 Å². The van der Waals surface area contributed by atoms with Crippen LogP contribution in [-0.2, 0) is 14.8 Å². The Hall–Kier alpha value is -2.55. The van der Waals surface area contributed by atoms with Gasteiger partial charge < -0.3 is 4.90 Å². The number of sulfonamides is 1. The molecule has 6 nitrogen and oxygen atoms in total. The molecule has 1 aliphatic rings. The Morgan fingerprint density at radius 2 is 1.79 bits per heavy atom. The molecule has 0 spiro atoms. The first-order chi connectivity index (χ1) is 13.9. The first-order valence-corrected chi connectivity index (χ1v) is 11.6. The van der Waals surface area contributed by atoms with Gasteiger partial charge in [0.25, 0.3) is 0 Å². The van der Waals surface area contributed by atoms with Gasteiger partial charge in [-0.25, -0.2) is 13.4 Å². The van der Waals surface area contributed by atoms with Crippen molar-refractivity contribution in [2.75, 3.05) is 26.2 Å². The van der Waals surface area contributed by atoms with E-state index in [0.29, 0.717) is 13.1 Å². The largest absolute Gasteiger partial charge is 0.337 e. The lowest BCUT2D eigenvalue weighted by Crippen LogP contribution is -2.50. The molecule has 2 aromatic carbocycles. The third-order valence-corrected chi connectivity index (χ3v) is 7.63. The number of thiazole rings is 1. The van der Waals surface area contributed by atoms with E-state index in [1.54, 1.807) is 23.1 Å². The van der Waals surface area contributed by atoms with E-state index < -0.39 is 10.0 Å². The van der Waals surface area contributed by atoms with Crippen LogP contribution in [0.1, 0.15) is 10.7 Å². The summed E-state index contributed by atoms with van der Waals surface area (Å²) in [5.74, 6) is -0.126. The van der Waals surface area contributed by atoms with Crippen molar-refractivity contribution in [2.24, 2.45) is 0 Å². The lowest BCUT2D eigenvalue weighted by atomic mass is 10.1. The fraction of sp³-hybridized carbons (Fsp3) is 0.238. The number of amides is 1. The highest BCUT2D eigenvalue weighted by Gasteiger charge is 2.29. The smallest absolute Gasteiger partial charge is 0.246 e. The van der Waals surface area contributed by atoms with Crippen molar-refractivity contribution in [2.45, 2.75) is 11.8 Å². The van der Waals surface area contributed by atoms with Gasteiger partial charge in [0.2, 0.25) is 15.9 Å². The van der Waals surface area contributed by atoms with E-state index in [9.17, 15) is 13.2 Å². The second kappa shape index (κ2) is 8.06. The summed E-state index contributed by atoms with van der Waals surface area (Å²) in [6, 6.07) is 12.9. The molecule has 3 aromatic rings. The molecule has 1 amide bonds. The van der Waals surface area contributed by atoms with Crippen molar-refractivity contribution in [1.29, 1.82) is 0 Å². The summed E-state index contributed by atoms with van der Waals surface area (Å²) in [6.07, 6.45) is 3.20. The van der Waals surface area contributed by atoms with Crippen LogP contribution in [0.25, 0.3) is 16.8 Å². The van der Waals surface area contributed by atoms with E-state index in [0.717, 1.165) is 21.5 Å². The van der Waals surface area contributed by atoms with Crippen molar-refractivity contribution in [3.63, 3.8) is 0 Å². The van der Waals surface area contributed by atoms with E-state index >= 15 is 0 Å². The number of aryl methyl sites for hydroxylation is 1. The number of carbonyl (C=O) groups is 1. The summed E-state index contributed by atoms with van der Waals surface area (Å²) in [7, 11) is -3.59. The van der Waals surface area contributed by atoms with Gasteiger partial charge in [0.1, 0.15) is 0 Å². The number of benzene rings is 2. The molecule has 0 radical (unpaired) electrons. The van der Waals surface area contributed by atoms with Crippen LogP contribution < -0.4 is 0 Å². The second-order valence-corrected chi connectivity index (χ2v) is 9.86. The lowest BCUT2D eigenvalue weighted by molar-refractivity contribution is -0.127. The molecule has 0 aliphatic carbocycles. The quantitative estimate of drug-likeness (QED) is 0.600. The Labute approximate surface area is 174 Å². The van der Waals surface area contributed by atoms with E-state index in [2.05, 4.69) is 4.98 Å². The van der Waals surface area contributed by atoms with Gasteiger partial charge in [-0.2, -0.15) is 4.31 Å². The van der Waals surface area contributed by atoms with Crippen molar-refractivity contribution in [3.8, 4) is 0 Å². The topological polar surface area (TPSA) is 70.6 Å². The van der Waals surface area contributed by atoms with Crippen LogP contribution in [0, 0.1) is 6.92 Å². The Balaban J connectivity index is 1.42. The molecular weight excluding hydrogens is 406 g/mol. The minimum Gasteiger partial charge on any atom is -0.337 e. The number of hydrogen-bond acceptors (Lipinski definition) is 5. The maximum atomic E-state index is 13.0. The molecule has 29 heavy (non-hydrogen) atoms. The second-order valence-electron chi connectivity index (χ2n) is 6.86. The van der Waals surface area contributed by atoms with Gasteiger partial charge in [-0.3, -0.25) is 4.79 Å². The van der Waals surface area contributed by atoms with Crippen LogP contribution in [0.2, 0.25) is 0 Å². The van der Waals surface area contributed by atoms with Crippen LogP contribution in [0.5, 0.6) is 0 Å². The fourth-order valence-electron chi connectivity index (χ4n) is 3.34. The number of rotatable bonds is 4. The molecule has 4 rings (SSSR count). The first-order valence-electron chi connectivity index (χ1n) is 9.31. The summed E-state index contributed by atoms with van der Waals surface area (Å²) in [5, 5.41) is 4.74. The first kappa shape index (κ1) is 19.8. The van der Waals surface area contributed by atoms with Crippen molar-refractivity contribution in [3.05, 3.63) is 64.6 Å². The van der Waals surface area contributed by atoms with E-state index in [4.69, 9.17) is 0 Å². The molecule has 0 saturated carbocycles. The molecule has 1 fully saturated rings. The molecule has 8 heteroatoms. The van der Waals surface area contributed by atoms with Crippen molar-refractivity contribution in [1.82, 2.24) is 14.2 Å². The van der Waals surface area contributed by atoms with Crippen LogP contribution in [0.15, 0.2) is 58.8 Å². The Kier molecular flexibility index (Phi) is 5.49. The van der Waals surface area contributed by atoms with Gasteiger partial charge in [-0.1, -0.05) is 30.3 Å². The van der Waals surface area contributed by atoms with Crippen LogP contribution in [-0.4, -0.2) is 54.7 Å². The predicted octanol–water partition coefficient (Wildman–Crippen LogP) is 3.15. The number of hydrogen-bond donors (Lipinski definition) is 0. The van der Waals surface area contributed by atoms with E-state index in [1.807, 2.05) is 42.6 Å². The predicted molar refractivity (Wildman–Crippen MR) is 115 cm³/mol. The third kappa shape index (κ3) is 4.24. The summed E-state index contributed by atoms with van der Waals surface area (Å²) in [5.41, 5.74) is 0.762. The molecule has 1 saturated heterocycles. The number of aromatic nitrogens is 1. The average Bonchev–Trinajstić information content (AvgIpc) is 3.17. The highest BCUT2D eigenvalue weighted by molar-refractivity contribution is 7.89. The van der Waals surface area contributed by atoms with Crippen LogP contribution in [0.3, 0.4) is 0 Å². The third-order valence-electron chi connectivity index (χ3n) is 4.94. The molecule has 0 N–H and O–H groups in total. The highest BCUT2D eigenvalue weighted by Crippen LogP contribution is 2.23. The number of carbonyl (C=O) groups excluding carboxylic acids is 1. The van der Waals surface area contributed by atoms with Crippen LogP contribution >= 0.6 is 11.3 Å². The van der Waals surface area contributed by atoms with Crippen LogP contribution in [0.4, 0.5) is 0 Å². The summed E-state index contributed by atoms with van der Waals surface area (Å²) >= 11 is 1.53. The zero-order chi connectivity index (χ0) is 20.4. The SMILES string of the molecule is Cc1nc(/C=C/C(=O)N2CCN(S(=O)(=O)c3ccc4ccccc4c3)CC2)cs1. The number of nitrogens with zero attached hydrogens (tertiary/aromatic N) is 3. The Morgan fingerprint density at radius 3 is 2.48 bits per heavy atom. The molecule has 0 atom stereocenters. The van der Waals surface area contributed by atoms with Gasteiger partial charge >= 0.3 is 0 Å². The highest BCUT2D eigenvalue weighted by atomic mass is 32.2. The maximum absolute atomic E-state index is 13.0. The number of piperazine rings is 1. The molecule has 1 aromatic heterocycles. The fourth-order valence-corrected chi connectivity index (χ4v) is 5.38. The lowest BCUT2D eigenvalue weighted by Gasteiger charge is -2.33. The number of fused-ring (bicyclic) bond motifs is 1. The minimum atomic E-state index is -3.59. The molecule has 2 heterocycles. The van der Waals surface area contributed by atoms with Gasteiger partial charge in [0.05, 0.1) is 15.6 Å². The van der Waals surface area contributed by atoms with Gasteiger partial charge in [0.15, 0.2) is 0 Å². The van der Waals surface area contributed by atoms with Gasteiger partial charge in [-0.05, 0) is 35.9 Å². The monoisotopic (exact) mass is 427 g/mol. The van der Waals surface area contributed by atoms with E-state index in [-0.39, 0.29) is 23.9 Å². The minimum absolute atomic E-state index is 0.126. The zero-order valence-corrected chi connectivity index (χ0v) is 17.6. The molecule has 0 bridgehead atoms. The molecule has 150 valence electrons. The Morgan fingerprint density at radius 1 is 1.07 bits per heavy atom. The Bertz CT molecular complexity index is 1180. The maximum Gasteiger partial charge on any atom is 0.246 e.